The Balaban J connectivity index is 1.70. The van der Waals surface area contributed by atoms with E-state index < -0.39 is 5.67 Å². The minimum atomic E-state index is -1.19. The van der Waals surface area contributed by atoms with Crippen LogP contribution in [0, 0.1) is 0 Å². The number of nitrogens with zero attached hydrogens (tertiary/aromatic N) is 1. The number of hydrogen-bond donors (Lipinski definition) is 3. The maximum Gasteiger partial charge on any atom is 0.269 e. The lowest BCUT2D eigenvalue weighted by molar-refractivity contribution is 0.0929. The number of pyridine rings is 1. The molecule has 7 heteroatoms. The van der Waals surface area contributed by atoms with Gasteiger partial charge in [-0.15, -0.1) is 0 Å². The first-order chi connectivity index (χ1) is 14.9. The van der Waals surface area contributed by atoms with E-state index >= 15 is 0 Å². The number of nitrogens with one attached hydrogen (secondary N) is 3. The van der Waals surface area contributed by atoms with Gasteiger partial charge in [0.25, 0.3) is 11.8 Å². The molecule has 0 aliphatic carbocycles. The van der Waals surface area contributed by atoms with E-state index in [-0.39, 0.29) is 23.4 Å². The van der Waals surface area contributed by atoms with Gasteiger partial charge in [0.2, 0.25) is 0 Å². The Morgan fingerprint density at radius 2 is 2.00 bits per heavy atom. The second-order valence-corrected chi connectivity index (χ2v) is 8.17. The quantitative estimate of drug-likeness (QED) is 0.566. The van der Waals surface area contributed by atoms with Crippen LogP contribution in [-0.4, -0.2) is 49.1 Å². The van der Waals surface area contributed by atoms with E-state index in [2.05, 4.69) is 20.9 Å². The Labute approximate surface area is 183 Å². The molecule has 2 aromatic rings. The van der Waals surface area contributed by atoms with Crippen molar-refractivity contribution in [1.29, 1.82) is 0 Å². The molecule has 3 rings (SSSR count). The molecular weight excluding hydrogens is 395 g/mol. The fraction of sp³-hybridized carbons (Fsp3) is 0.458. The number of halogens is 1. The Bertz CT molecular complexity index is 898. The summed E-state index contributed by atoms with van der Waals surface area (Å²) in [5, 5.41) is 8.52. The van der Waals surface area contributed by atoms with E-state index in [0.29, 0.717) is 43.6 Å². The number of carbonyl (C=O) groups is 2. The Morgan fingerprint density at radius 1 is 1.23 bits per heavy atom. The van der Waals surface area contributed by atoms with Crippen molar-refractivity contribution in [2.24, 2.45) is 0 Å². The van der Waals surface area contributed by atoms with Crippen LogP contribution in [0.2, 0.25) is 0 Å². The number of alkyl halides is 1. The third-order valence-corrected chi connectivity index (χ3v) is 5.82. The van der Waals surface area contributed by atoms with Crippen LogP contribution in [0.3, 0.4) is 0 Å². The van der Waals surface area contributed by atoms with Gasteiger partial charge in [0, 0.05) is 37.3 Å². The minimum absolute atomic E-state index is 0.0810. The molecule has 2 heterocycles. The lowest BCUT2D eigenvalue weighted by Gasteiger charge is -2.30. The first-order valence-electron chi connectivity index (χ1n) is 10.9. The predicted molar refractivity (Wildman–Crippen MR) is 119 cm³/mol. The van der Waals surface area contributed by atoms with Crippen molar-refractivity contribution in [3.05, 3.63) is 65.0 Å². The molecule has 1 aromatic heterocycles. The monoisotopic (exact) mass is 426 g/mol. The van der Waals surface area contributed by atoms with Crippen molar-refractivity contribution in [3.8, 4) is 0 Å². The number of hydrogen-bond acceptors (Lipinski definition) is 4. The van der Waals surface area contributed by atoms with Gasteiger partial charge >= 0.3 is 0 Å². The fourth-order valence-electron chi connectivity index (χ4n) is 3.92. The number of benzene rings is 1. The summed E-state index contributed by atoms with van der Waals surface area (Å²) in [5.74, 6) is -0.716. The zero-order valence-corrected chi connectivity index (χ0v) is 18.2. The molecule has 1 fully saturated rings. The summed E-state index contributed by atoms with van der Waals surface area (Å²) in [7, 11) is 1.53. The lowest BCUT2D eigenvalue weighted by Crippen LogP contribution is -2.42. The Morgan fingerprint density at radius 3 is 2.68 bits per heavy atom. The maximum absolute atomic E-state index is 14.7. The van der Waals surface area contributed by atoms with Crippen molar-refractivity contribution in [1.82, 2.24) is 20.9 Å². The van der Waals surface area contributed by atoms with Crippen LogP contribution in [0.1, 0.15) is 70.6 Å². The zero-order chi connectivity index (χ0) is 22.3. The van der Waals surface area contributed by atoms with Crippen molar-refractivity contribution in [2.45, 2.75) is 44.2 Å². The topological polar surface area (TPSA) is 83.1 Å². The van der Waals surface area contributed by atoms with Crippen molar-refractivity contribution in [2.75, 3.05) is 26.7 Å². The summed E-state index contributed by atoms with van der Waals surface area (Å²) in [6, 6.07) is 13.0. The molecule has 2 atom stereocenters. The number of aromatic nitrogens is 1. The first-order valence-corrected chi connectivity index (χ1v) is 10.9. The molecule has 0 bridgehead atoms. The van der Waals surface area contributed by atoms with Gasteiger partial charge in [-0.05, 0) is 49.9 Å². The van der Waals surface area contributed by atoms with Gasteiger partial charge in [0.15, 0.2) is 0 Å². The summed E-state index contributed by atoms with van der Waals surface area (Å²) >= 11 is 0. The van der Waals surface area contributed by atoms with Gasteiger partial charge in [-0.25, -0.2) is 9.37 Å². The molecule has 1 aromatic carbocycles. The number of rotatable bonds is 8. The van der Waals surface area contributed by atoms with E-state index in [1.807, 2.05) is 37.3 Å². The van der Waals surface area contributed by atoms with E-state index in [1.54, 1.807) is 6.07 Å². The largest absolute Gasteiger partial charge is 0.354 e. The molecule has 0 saturated carbocycles. The normalized spacial score (nSPS) is 19.5. The third kappa shape index (κ3) is 6.10. The molecule has 1 aliphatic heterocycles. The Kier molecular flexibility index (Phi) is 7.74. The number of carbonyl (C=O) groups excluding carboxylic acids is 2. The van der Waals surface area contributed by atoms with E-state index in [4.69, 9.17) is 0 Å². The van der Waals surface area contributed by atoms with Crippen molar-refractivity contribution in [3.63, 3.8) is 0 Å². The summed E-state index contributed by atoms with van der Waals surface area (Å²) in [6.07, 6.45) is 2.38. The smallest absolute Gasteiger partial charge is 0.269 e. The van der Waals surface area contributed by atoms with Crippen LogP contribution in [-0.2, 0) is 0 Å². The van der Waals surface area contributed by atoms with Crippen LogP contribution < -0.4 is 16.0 Å². The van der Waals surface area contributed by atoms with Gasteiger partial charge in [0.1, 0.15) is 11.4 Å². The van der Waals surface area contributed by atoms with Gasteiger partial charge < -0.3 is 16.0 Å². The molecule has 0 spiro atoms. The molecule has 31 heavy (non-hydrogen) atoms. The minimum Gasteiger partial charge on any atom is -0.354 e. The third-order valence-electron chi connectivity index (χ3n) is 5.82. The molecular formula is C24H31FN4O2. The van der Waals surface area contributed by atoms with E-state index in [1.165, 1.54) is 13.1 Å². The molecule has 2 amide bonds. The van der Waals surface area contributed by atoms with Crippen LogP contribution in [0.5, 0.6) is 0 Å². The van der Waals surface area contributed by atoms with Crippen LogP contribution >= 0.6 is 0 Å². The summed E-state index contributed by atoms with van der Waals surface area (Å²) in [6.45, 7) is 3.61. The van der Waals surface area contributed by atoms with E-state index in [9.17, 15) is 14.0 Å². The predicted octanol–water partition coefficient (Wildman–Crippen LogP) is 3.19. The van der Waals surface area contributed by atoms with Crippen LogP contribution in [0.25, 0.3) is 0 Å². The summed E-state index contributed by atoms with van der Waals surface area (Å²) in [5.41, 5.74) is 1.08. The highest BCUT2D eigenvalue weighted by Gasteiger charge is 2.30. The molecule has 166 valence electrons. The standard InChI is InChI=1S/C24H31FN4O2/c1-17(18-8-4-3-5-9-18)20-14-19(15-21(29-20)23(31)26-2)22(30)28-13-7-11-24(25)10-6-12-27-16-24/h3-5,8-9,14-15,17,27H,6-7,10-13,16H2,1-2H3,(H,26,31)(H,28,30)/t17?,24-/m1/s1. The highest BCUT2D eigenvalue weighted by atomic mass is 19.1. The van der Waals surface area contributed by atoms with Gasteiger partial charge in [-0.3, -0.25) is 9.59 Å². The van der Waals surface area contributed by atoms with Gasteiger partial charge in [-0.2, -0.15) is 0 Å². The average Bonchev–Trinajstić information content (AvgIpc) is 2.81. The van der Waals surface area contributed by atoms with Gasteiger partial charge in [-0.1, -0.05) is 37.3 Å². The van der Waals surface area contributed by atoms with E-state index in [0.717, 1.165) is 18.5 Å². The molecule has 1 aliphatic rings. The number of amides is 2. The summed E-state index contributed by atoms with van der Waals surface area (Å²) < 4.78 is 14.7. The summed E-state index contributed by atoms with van der Waals surface area (Å²) in [4.78, 5) is 29.5. The zero-order valence-electron chi connectivity index (χ0n) is 18.2. The molecule has 1 unspecified atom stereocenters. The molecule has 3 N–H and O–H groups in total. The number of piperidine rings is 1. The maximum atomic E-state index is 14.7. The molecule has 1 saturated heterocycles. The van der Waals surface area contributed by atoms with Crippen LogP contribution in [0.4, 0.5) is 4.39 Å². The fourth-order valence-corrected chi connectivity index (χ4v) is 3.92. The SMILES string of the molecule is CNC(=O)c1cc(C(=O)NCCC[C@]2(F)CCCNC2)cc(C(C)c2ccccc2)n1. The average molecular weight is 427 g/mol. The first kappa shape index (κ1) is 22.9. The lowest BCUT2D eigenvalue weighted by atomic mass is 9.91. The highest BCUT2D eigenvalue weighted by Crippen LogP contribution is 2.26. The van der Waals surface area contributed by atoms with Crippen LogP contribution in [0.15, 0.2) is 42.5 Å². The second kappa shape index (κ2) is 10.5. The second-order valence-electron chi connectivity index (χ2n) is 8.17. The van der Waals surface area contributed by atoms with Crippen molar-refractivity contribution < 1.29 is 14.0 Å². The molecule has 0 radical (unpaired) electrons. The van der Waals surface area contributed by atoms with Crippen molar-refractivity contribution >= 4 is 11.8 Å². The highest BCUT2D eigenvalue weighted by molar-refractivity contribution is 5.98. The molecule has 6 nitrogen and oxygen atoms in total. The van der Waals surface area contributed by atoms with Gasteiger partial charge in [0.05, 0.1) is 0 Å². The Hall–Kier alpha value is -2.80.